The van der Waals surface area contributed by atoms with Crippen molar-refractivity contribution in [3.05, 3.63) is 42.2 Å². The Morgan fingerprint density at radius 3 is 2.48 bits per heavy atom. The molecule has 0 aromatic heterocycles. The number of amides is 1. The lowest BCUT2D eigenvalue weighted by molar-refractivity contribution is -0.242. The van der Waals surface area contributed by atoms with E-state index < -0.39 is 33.7 Å². The summed E-state index contributed by atoms with van der Waals surface area (Å²) in [4.78, 5) is 11.7. The van der Waals surface area contributed by atoms with E-state index in [1.54, 1.807) is 0 Å². The second kappa shape index (κ2) is 8.61. The van der Waals surface area contributed by atoms with Gasteiger partial charge in [0.1, 0.15) is 12.4 Å². The maximum atomic E-state index is 13.7. The second-order valence-corrected chi connectivity index (χ2v) is 9.29. The Balaban J connectivity index is 1.91. The van der Waals surface area contributed by atoms with Crippen LogP contribution in [0.2, 0.25) is 0 Å². The summed E-state index contributed by atoms with van der Waals surface area (Å²) >= 11 is 0. The number of carbonyl (C=O) groups is 1. The minimum atomic E-state index is -4.80. The van der Waals surface area contributed by atoms with Crippen LogP contribution in [0.5, 0.6) is 11.5 Å². The molecule has 0 spiro atoms. The van der Waals surface area contributed by atoms with Gasteiger partial charge >= 0.3 is 12.3 Å². The molecule has 0 atom stereocenters. The van der Waals surface area contributed by atoms with Crippen molar-refractivity contribution in [1.29, 1.82) is 0 Å². The number of sulfonamides is 1. The molecule has 1 aliphatic rings. The summed E-state index contributed by atoms with van der Waals surface area (Å²) in [6.07, 6.45) is -6.18. The number of hydrogen-bond acceptors (Lipinski definition) is 6. The van der Waals surface area contributed by atoms with Crippen LogP contribution in [0.25, 0.3) is 0 Å². The van der Waals surface area contributed by atoms with Crippen LogP contribution in [0.4, 0.5) is 33.7 Å². The van der Waals surface area contributed by atoms with E-state index in [9.17, 15) is 30.8 Å². The fraction of sp³-hybridized carbons (Fsp3) is 0.350. The zero-order chi connectivity index (χ0) is 24.6. The Labute approximate surface area is 187 Å². The van der Waals surface area contributed by atoms with Crippen molar-refractivity contribution < 1.29 is 45.0 Å². The molecule has 3 rings (SSSR count). The van der Waals surface area contributed by atoms with Crippen LogP contribution in [0.3, 0.4) is 0 Å². The predicted molar refractivity (Wildman–Crippen MR) is 110 cm³/mol. The van der Waals surface area contributed by atoms with E-state index in [0.29, 0.717) is 13.8 Å². The smallest absolute Gasteiger partial charge is 0.427 e. The van der Waals surface area contributed by atoms with Crippen molar-refractivity contribution in [2.75, 3.05) is 29.9 Å². The molecular weight excluding hydrogens is 472 g/mol. The summed E-state index contributed by atoms with van der Waals surface area (Å²) in [6, 6.07) is 6.93. The normalized spacial score (nSPS) is 14.2. The molecule has 180 valence electrons. The van der Waals surface area contributed by atoms with Crippen LogP contribution < -0.4 is 19.1 Å². The van der Waals surface area contributed by atoms with E-state index in [0.717, 1.165) is 22.5 Å². The van der Waals surface area contributed by atoms with Crippen molar-refractivity contribution in [2.24, 2.45) is 0 Å². The average Bonchev–Trinajstić information content (AvgIpc) is 2.72. The molecule has 0 aliphatic carbocycles. The van der Waals surface area contributed by atoms with Gasteiger partial charge in [-0.3, -0.25) is 9.62 Å². The zero-order valence-corrected chi connectivity index (χ0v) is 18.5. The van der Waals surface area contributed by atoms with Gasteiger partial charge in [-0.15, -0.1) is 0 Å². The summed E-state index contributed by atoms with van der Waals surface area (Å²) in [5.41, 5.74) is -2.75. The van der Waals surface area contributed by atoms with E-state index in [1.165, 1.54) is 25.3 Å². The third kappa shape index (κ3) is 4.92. The van der Waals surface area contributed by atoms with Gasteiger partial charge in [0.15, 0.2) is 11.6 Å². The zero-order valence-electron chi connectivity index (χ0n) is 17.7. The first-order valence-corrected chi connectivity index (χ1v) is 10.9. The Morgan fingerprint density at radius 2 is 1.85 bits per heavy atom. The molecular formula is C20H20F4N2O6S. The lowest BCUT2D eigenvalue weighted by Gasteiger charge is -2.31. The molecule has 1 heterocycles. The number of alkyl halides is 3. The number of ether oxygens (including phenoxy) is 3. The highest BCUT2D eigenvalue weighted by molar-refractivity contribution is 7.92. The number of fused-ring (bicyclic) bond motifs is 1. The maximum Gasteiger partial charge on any atom is 0.427 e. The van der Waals surface area contributed by atoms with E-state index in [2.05, 4.69) is 10.1 Å². The molecule has 1 amide bonds. The maximum absolute atomic E-state index is 13.7. The second-order valence-electron chi connectivity index (χ2n) is 7.43. The van der Waals surface area contributed by atoms with Crippen molar-refractivity contribution in [3.8, 4) is 11.5 Å². The summed E-state index contributed by atoms with van der Waals surface area (Å²) in [5, 5.41) is 2.15. The van der Waals surface area contributed by atoms with Gasteiger partial charge < -0.3 is 14.2 Å². The monoisotopic (exact) mass is 492 g/mol. The lowest BCUT2D eigenvalue weighted by Crippen LogP contribution is -2.44. The van der Waals surface area contributed by atoms with Gasteiger partial charge in [0.05, 0.1) is 24.2 Å². The number of rotatable bonds is 5. The average molecular weight is 492 g/mol. The van der Waals surface area contributed by atoms with E-state index >= 15 is 0 Å². The van der Waals surface area contributed by atoms with Crippen LogP contribution in [0.15, 0.2) is 41.3 Å². The van der Waals surface area contributed by atoms with Crippen molar-refractivity contribution in [2.45, 2.75) is 30.5 Å². The highest BCUT2D eigenvalue weighted by Gasteiger charge is 2.51. The van der Waals surface area contributed by atoms with E-state index in [-0.39, 0.29) is 40.9 Å². The number of anilines is 2. The number of nitrogens with one attached hydrogen (secondary N) is 1. The number of halogens is 4. The largest absolute Gasteiger partial charge is 0.494 e. The lowest BCUT2D eigenvalue weighted by atomic mass is 10.1. The number of methoxy groups -OCH3 is 1. The Morgan fingerprint density at radius 1 is 1.15 bits per heavy atom. The molecule has 8 nitrogen and oxygen atoms in total. The first kappa shape index (κ1) is 24.4. The van der Waals surface area contributed by atoms with Gasteiger partial charge in [-0.2, -0.15) is 13.2 Å². The van der Waals surface area contributed by atoms with Crippen molar-refractivity contribution in [3.63, 3.8) is 0 Å². The molecule has 2 aromatic rings. The Kier molecular flexibility index (Phi) is 6.37. The molecule has 13 heteroatoms. The number of hydrogen-bond donors (Lipinski definition) is 1. The Bertz CT molecular complexity index is 1170. The molecule has 0 saturated carbocycles. The summed E-state index contributed by atoms with van der Waals surface area (Å²) in [6.45, 7) is 1.29. The van der Waals surface area contributed by atoms with Crippen molar-refractivity contribution in [1.82, 2.24) is 0 Å². The third-order valence-corrected chi connectivity index (χ3v) is 6.58. The van der Waals surface area contributed by atoms with Gasteiger partial charge in [-0.1, -0.05) is 0 Å². The van der Waals surface area contributed by atoms with Gasteiger partial charge in [0.25, 0.3) is 10.0 Å². The molecule has 0 bridgehead atoms. The van der Waals surface area contributed by atoms with Gasteiger partial charge in [0.2, 0.25) is 5.60 Å². The van der Waals surface area contributed by atoms with Crippen LogP contribution in [0, 0.1) is 5.82 Å². The SMILES string of the molecule is COc1cc(S(=O)(=O)N2CCOc3ccc(NC(=O)OC(C)(C)C(F)(F)F)cc32)ccc1F. The fourth-order valence-electron chi connectivity index (χ4n) is 2.88. The summed E-state index contributed by atoms with van der Waals surface area (Å²) < 4.78 is 94.8. The van der Waals surface area contributed by atoms with Crippen LogP contribution in [-0.4, -0.2) is 46.5 Å². The van der Waals surface area contributed by atoms with Crippen LogP contribution in [0.1, 0.15) is 13.8 Å². The third-order valence-electron chi connectivity index (χ3n) is 4.77. The summed E-state index contributed by atoms with van der Waals surface area (Å²) in [7, 11) is -3.01. The first-order valence-electron chi connectivity index (χ1n) is 9.46. The Hall–Kier alpha value is -3.22. The molecule has 0 fully saturated rings. The van der Waals surface area contributed by atoms with E-state index in [4.69, 9.17) is 9.47 Å². The molecule has 0 radical (unpaired) electrons. The molecule has 33 heavy (non-hydrogen) atoms. The quantitative estimate of drug-likeness (QED) is 0.626. The topological polar surface area (TPSA) is 94.2 Å². The van der Waals surface area contributed by atoms with Gasteiger partial charge in [0, 0.05) is 11.8 Å². The molecule has 0 saturated heterocycles. The molecule has 1 N–H and O–H groups in total. The van der Waals surface area contributed by atoms with Crippen LogP contribution >= 0.6 is 0 Å². The predicted octanol–water partition coefficient (Wildman–Crippen LogP) is 4.31. The number of nitrogens with zero attached hydrogens (tertiary/aromatic N) is 1. The number of carbonyl (C=O) groups excluding carboxylic acids is 1. The minimum absolute atomic E-state index is 0.0130. The fourth-order valence-corrected chi connectivity index (χ4v) is 4.35. The van der Waals surface area contributed by atoms with Crippen molar-refractivity contribution >= 4 is 27.5 Å². The summed E-state index contributed by atoms with van der Waals surface area (Å²) in [5.74, 6) is -0.853. The molecule has 0 unspecified atom stereocenters. The molecule has 2 aromatic carbocycles. The first-order chi connectivity index (χ1) is 15.3. The van der Waals surface area contributed by atoms with Gasteiger partial charge in [-0.25, -0.2) is 17.6 Å². The van der Waals surface area contributed by atoms with Crippen LogP contribution in [-0.2, 0) is 14.8 Å². The molecule has 1 aliphatic heterocycles. The standard InChI is InChI=1S/C20H20F4N2O6S/c1-19(2,20(22,23)24)32-18(27)25-12-4-7-16-15(10-12)26(8-9-31-16)33(28,29)13-5-6-14(21)17(11-13)30-3/h4-7,10-11H,8-9H2,1-3H3,(H,25,27). The minimum Gasteiger partial charge on any atom is -0.494 e. The highest BCUT2D eigenvalue weighted by Crippen LogP contribution is 2.38. The van der Waals surface area contributed by atoms with Gasteiger partial charge in [-0.05, 0) is 44.2 Å². The van der Waals surface area contributed by atoms with E-state index in [1.807, 2.05) is 0 Å². The number of benzene rings is 2. The highest BCUT2D eigenvalue weighted by atomic mass is 32.2.